The van der Waals surface area contributed by atoms with Gasteiger partial charge in [-0.25, -0.2) is 24.4 Å². The number of fused-ring (bicyclic) bond motifs is 1. The zero-order valence-electron chi connectivity index (χ0n) is 25.6. The van der Waals surface area contributed by atoms with Crippen molar-refractivity contribution >= 4 is 29.8 Å². The lowest BCUT2D eigenvalue weighted by Crippen LogP contribution is -2.47. The number of nitrogens with zero attached hydrogens (tertiary/aromatic N) is 6. The number of carbonyl (C=O) groups is 4. The summed E-state index contributed by atoms with van der Waals surface area (Å²) >= 11 is 0. The van der Waals surface area contributed by atoms with Gasteiger partial charge in [0.25, 0.3) is 0 Å². The molecule has 2 aliphatic rings. The van der Waals surface area contributed by atoms with Crippen LogP contribution in [0.25, 0.3) is 0 Å². The van der Waals surface area contributed by atoms with Crippen molar-refractivity contribution < 1.29 is 74.0 Å². The van der Waals surface area contributed by atoms with Crippen LogP contribution in [0.3, 0.4) is 0 Å². The van der Waals surface area contributed by atoms with Gasteiger partial charge in [0.2, 0.25) is 11.9 Å². The Labute approximate surface area is 272 Å². The molecule has 0 saturated carbocycles. The Kier molecular flexibility index (Phi) is 15.2. The summed E-state index contributed by atoms with van der Waals surface area (Å²) in [6.45, 7) is 4.21. The fourth-order valence-electron chi connectivity index (χ4n) is 4.78. The molecule has 0 radical (unpaired) electrons. The number of pyridine rings is 1. The van der Waals surface area contributed by atoms with Crippen LogP contribution in [0.5, 0.6) is 0 Å². The van der Waals surface area contributed by atoms with Crippen LogP contribution in [0.4, 0.5) is 45.5 Å². The molecule has 0 bridgehead atoms. The van der Waals surface area contributed by atoms with Gasteiger partial charge in [0.05, 0.1) is 11.1 Å². The molecule has 2 aromatic rings. The third kappa shape index (κ3) is 13.7. The van der Waals surface area contributed by atoms with E-state index in [9.17, 15) is 44.3 Å². The summed E-state index contributed by atoms with van der Waals surface area (Å²) in [5.41, 5.74) is 0.705. The van der Waals surface area contributed by atoms with E-state index >= 15 is 0 Å². The third-order valence-electron chi connectivity index (χ3n) is 6.78. The van der Waals surface area contributed by atoms with Gasteiger partial charge in [-0.05, 0) is 37.6 Å². The molecule has 274 valence electrons. The number of carboxylic acid groups (broad SMARTS) is 3. The highest BCUT2D eigenvalue weighted by Gasteiger charge is 2.54. The number of rotatable bonds is 4. The maximum absolute atomic E-state index is 13.3. The second-order valence-corrected chi connectivity index (χ2v) is 10.6. The Morgan fingerprint density at radius 1 is 0.796 bits per heavy atom. The third-order valence-corrected chi connectivity index (χ3v) is 6.78. The largest absolute Gasteiger partial charge is 0.490 e. The minimum absolute atomic E-state index is 0.232. The zero-order valence-corrected chi connectivity index (χ0v) is 25.6. The van der Waals surface area contributed by atoms with Crippen LogP contribution in [0.15, 0.2) is 42.9 Å². The smallest absolute Gasteiger partial charge is 0.475 e. The van der Waals surface area contributed by atoms with E-state index in [1.54, 1.807) is 17.3 Å². The lowest BCUT2D eigenvalue weighted by Gasteiger charge is -2.34. The van der Waals surface area contributed by atoms with Crippen LogP contribution in [-0.4, -0.2) is 123 Å². The molecule has 0 aliphatic carbocycles. The summed E-state index contributed by atoms with van der Waals surface area (Å²) in [5.74, 6) is -7.07. The van der Waals surface area contributed by atoms with E-state index < -0.39 is 36.4 Å². The predicted molar refractivity (Wildman–Crippen MR) is 149 cm³/mol. The first-order chi connectivity index (χ1) is 22.4. The van der Waals surface area contributed by atoms with E-state index in [0.29, 0.717) is 6.54 Å². The summed E-state index contributed by atoms with van der Waals surface area (Å²) in [6.07, 6.45) is -7.96. The summed E-state index contributed by atoms with van der Waals surface area (Å²) < 4.78 is 95.2. The molecule has 22 heteroatoms. The molecule has 49 heavy (non-hydrogen) atoms. The van der Waals surface area contributed by atoms with Crippen molar-refractivity contribution in [3.05, 3.63) is 48.5 Å². The average Bonchev–Trinajstić information content (AvgIpc) is 3.27. The van der Waals surface area contributed by atoms with Crippen molar-refractivity contribution in [3.8, 4) is 0 Å². The molecular weight excluding hydrogens is 691 g/mol. The minimum atomic E-state index is -5.08. The molecule has 0 unspecified atom stereocenters. The van der Waals surface area contributed by atoms with Crippen molar-refractivity contribution in [2.75, 3.05) is 45.2 Å². The molecule has 1 amide bonds. The van der Waals surface area contributed by atoms with Crippen LogP contribution in [-0.2, 0) is 25.7 Å². The van der Waals surface area contributed by atoms with Gasteiger partial charge in [-0.2, -0.15) is 39.5 Å². The SMILES string of the molecule is CN(C)C(=O)[C@]12CCCN(Cc3ccccn3)C[C@H]1CN(c1ncccn1)C2.O=C(O)C(F)(F)F.O=C(O)C(F)(F)F.O=C(O)C(F)(F)F. The number of anilines is 1. The van der Waals surface area contributed by atoms with Crippen molar-refractivity contribution in [2.45, 2.75) is 37.9 Å². The van der Waals surface area contributed by atoms with E-state index in [-0.39, 0.29) is 17.2 Å². The number of alkyl halides is 9. The highest BCUT2D eigenvalue weighted by atomic mass is 19.4. The minimum Gasteiger partial charge on any atom is -0.475 e. The summed E-state index contributed by atoms with van der Waals surface area (Å²) in [5, 5.41) is 21.4. The van der Waals surface area contributed by atoms with Gasteiger partial charge < -0.3 is 25.1 Å². The van der Waals surface area contributed by atoms with Gasteiger partial charge in [0.1, 0.15) is 0 Å². The number of likely N-dealkylation sites (tertiary alicyclic amines) is 1. The number of aromatic nitrogens is 3. The highest BCUT2D eigenvalue weighted by Crippen LogP contribution is 2.44. The fourth-order valence-corrected chi connectivity index (χ4v) is 4.78. The second-order valence-electron chi connectivity index (χ2n) is 10.6. The molecule has 2 fully saturated rings. The van der Waals surface area contributed by atoms with Gasteiger partial charge in [-0.3, -0.25) is 14.7 Å². The van der Waals surface area contributed by atoms with Gasteiger partial charge in [0.15, 0.2) is 0 Å². The number of hydrogen-bond acceptors (Lipinski definition) is 9. The Morgan fingerprint density at radius 3 is 1.67 bits per heavy atom. The van der Waals surface area contributed by atoms with Crippen molar-refractivity contribution in [3.63, 3.8) is 0 Å². The first-order valence-corrected chi connectivity index (χ1v) is 13.7. The van der Waals surface area contributed by atoms with Crippen LogP contribution < -0.4 is 4.90 Å². The molecule has 2 aliphatic heterocycles. The topological polar surface area (TPSA) is 177 Å². The zero-order chi connectivity index (χ0) is 37.8. The monoisotopic (exact) mass is 722 g/mol. The number of carbonyl (C=O) groups excluding carboxylic acids is 1. The number of halogens is 9. The molecule has 4 heterocycles. The fraction of sp³-hybridized carbons (Fsp3) is 0.519. The van der Waals surface area contributed by atoms with Crippen molar-refractivity contribution in [1.82, 2.24) is 24.8 Å². The van der Waals surface area contributed by atoms with Gasteiger partial charge in [0, 0.05) is 64.8 Å². The van der Waals surface area contributed by atoms with Crippen LogP contribution >= 0.6 is 0 Å². The van der Waals surface area contributed by atoms with Crippen molar-refractivity contribution in [1.29, 1.82) is 0 Å². The van der Waals surface area contributed by atoms with Gasteiger partial charge in [-0.15, -0.1) is 0 Å². The van der Waals surface area contributed by atoms with E-state index in [1.807, 2.05) is 38.5 Å². The predicted octanol–water partition coefficient (Wildman–Crippen LogP) is 3.58. The van der Waals surface area contributed by atoms with E-state index in [0.717, 1.165) is 50.7 Å². The van der Waals surface area contributed by atoms with E-state index in [4.69, 9.17) is 29.7 Å². The lowest BCUT2D eigenvalue weighted by atomic mass is 9.74. The molecule has 2 atom stereocenters. The van der Waals surface area contributed by atoms with E-state index in [2.05, 4.69) is 30.8 Å². The first-order valence-electron chi connectivity index (χ1n) is 13.7. The molecule has 2 saturated heterocycles. The molecule has 13 nitrogen and oxygen atoms in total. The number of aliphatic carboxylic acids is 3. The molecular formula is C27H31F9N6O7. The summed E-state index contributed by atoms with van der Waals surface area (Å²) in [7, 11) is 3.73. The Hall–Kier alpha value is -4.76. The van der Waals surface area contributed by atoms with Crippen LogP contribution in [0.1, 0.15) is 18.5 Å². The molecule has 0 aromatic carbocycles. The first kappa shape index (κ1) is 42.3. The molecule has 4 rings (SSSR count). The molecule has 0 spiro atoms. The van der Waals surface area contributed by atoms with Crippen LogP contribution in [0.2, 0.25) is 0 Å². The standard InChI is InChI=1S/C21H28N6O.3C2HF3O2/c1-25(2)19(28)21-8-5-12-26(15-18-7-3-4-9-22-18)13-17(21)14-27(16-21)20-23-10-6-11-24-20;3*3-2(4,5)1(6)7/h3-4,6-7,9-11,17H,5,8,12-16H2,1-2H3;3*(H,6,7)/t17-,21-;;;/m0.../s1. The number of carboxylic acids is 3. The lowest BCUT2D eigenvalue weighted by molar-refractivity contribution is -0.193. The Bertz CT molecular complexity index is 1320. The van der Waals surface area contributed by atoms with Crippen molar-refractivity contribution in [2.24, 2.45) is 11.3 Å². The highest BCUT2D eigenvalue weighted by molar-refractivity contribution is 5.84. The number of hydrogen-bond donors (Lipinski definition) is 3. The maximum atomic E-state index is 13.3. The van der Waals surface area contributed by atoms with E-state index in [1.165, 1.54) is 0 Å². The second kappa shape index (κ2) is 17.6. The normalized spacial score (nSPS) is 19.2. The summed E-state index contributed by atoms with van der Waals surface area (Å²) in [6, 6.07) is 7.88. The summed E-state index contributed by atoms with van der Waals surface area (Å²) in [4.78, 5) is 59.8. The van der Waals surface area contributed by atoms with Crippen LogP contribution in [0, 0.1) is 11.3 Å². The quantitative estimate of drug-likeness (QED) is 0.392. The van der Waals surface area contributed by atoms with Gasteiger partial charge in [-0.1, -0.05) is 6.07 Å². The maximum Gasteiger partial charge on any atom is 0.490 e. The molecule has 3 N–H and O–H groups in total. The Balaban J connectivity index is 0.000000467. The number of amides is 1. The van der Waals surface area contributed by atoms with Gasteiger partial charge >= 0.3 is 36.4 Å². The average molecular weight is 723 g/mol. The Morgan fingerprint density at radius 2 is 1.27 bits per heavy atom. The molecule has 2 aromatic heterocycles.